The van der Waals surface area contributed by atoms with E-state index in [1.54, 1.807) is 0 Å². The summed E-state index contributed by atoms with van der Waals surface area (Å²) in [7, 11) is 1.95. The normalized spacial score (nSPS) is 10.6. The standard InChI is InChI=1S/C13H21N5.ClH/c1-9(2)18-8-12(10(3)16-18)6-14-13-7-15-17(5)11(13)4;/h7-9,14H,6H2,1-5H3;1H. The first-order valence-corrected chi connectivity index (χ1v) is 6.26. The summed E-state index contributed by atoms with van der Waals surface area (Å²) in [6, 6.07) is 0.401. The lowest BCUT2D eigenvalue weighted by molar-refractivity contribution is 0.529. The highest BCUT2D eigenvalue weighted by Crippen LogP contribution is 2.16. The molecular formula is C13H22ClN5. The minimum atomic E-state index is 0. The van der Waals surface area contributed by atoms with Gasteiger partial charge in [-0.3, -0.25) is 9.36 Å². The van der Waals surface area contributed by atoms with Gasteiger partial charge >= 0.3 is 0 Å². The predicted octanol–water partition coefficient (Wildman–Crippen LogP) is 2.85. The fourth-order valence-electron chi connectivity index (χ4n) is 1.82. The van der Waals surface area contributed by atoms with Crippen molar-refractivity contribution >= 4 is 18.1 Å². The highest BCUT2D eigenvalue weighted by molar-refractivity contribution is 5.85. The molecule has 0 amide bonds. The molecule has 5 nitrogen and oxygen atoms in total. The van der Waals surface area contributed by atoms with E-state index in [4.69, 9.17) is 0 Å². The fourth-order valence-corrected chi connectivity index (χ4v) is 1.82. The second-order valence-electron chi connectivity index (χ2n) is 4.93. The van der Waals surface area contributed by atoms with E-state index in [0.29, 0.717) is 6.04 Å². The molecule has 0 radical (unpaired) electrons. The number of nitrogens with zero attached hydrogens (tertiary/aromatic N) is 4. The van der Waals surface area contributed by atoms with E-state index in [1.165, 1.54) is 5.56 Å². The molecule has 2 heterocycles. The van der Waals surface area contributed by atoms with Gasteiger partial charge in [0, 0.05) is 31.4 Å². The van der Waals surface area contributed by atoms with Crippen molar-refractivity contribution in [1.82, 2.24) is 19.6 Å². The van der Waals surface area contributed by atoms with Crippen molar-refractivity contribution in [3.63, 3.8) is 0 Å². The zero-order chi connectivity index (χ0) is 13.3. The molecule has 0 saturated carbocycles. The highest BCUT2D eigenvalue weighted by Gasteiger charge is 2.08. The van der Waals surface area contributed by atoms with E-state index in [-0.39, 0.29) is 12.4 Å². The van der Waals surface area contributed by atoms with E-state index in [9.17, 15) is 0 Å². The van der Waals surface area contributed by atoms with Gasteiger partial charge in [-0.1, -0.05) is 0 Å². The van der Waals surface area contributed by atoms with Crippen LogP contribution in [0, 0.1) is 13.8 Å². The lowest BCUT2D eigenvalue weighted by atomic mass is 10.2. The third kappa shape index (κ3) is 3.29. The largest absolute Gasteiger partial charge is 0.378 e. The Morgan fingerprint density at radius 2 is 2.00 bits per heavy atom. The van der Waals surface area contributed by atoms with Crippen LogP contribution < -0.4 is 5.32 Å². The van der Waals surface area contributed by atoms with Crippen molar-refractivity contribution in [2.45, 2.75) is 40.3 Å². The second kappa shape index (κ2) is 6.10. The van der Waals surface area contributed by atoms with Crippen molar-refractivity contribution in [1.29, 1.82) is 0 Å². The molecule has 106 valence electrons. The van der Waals surface area contributed by atoms with Crippen molar-refractivity contribution in [3.05, 3.63) is 29.3 Å². The summed E-state index contributed by atoms with van der Waals surface area (Å²) in [4.78, 5) is 0. The Kier molecular flexibility index (Phi) is 5.00. The molecule has 0 aromatic carbocycles. The predicted molar refractivity (Wildman–Crippen MR) is 79.9 cm³/mol. The maximum absolute atomic E-state index is 4.51. The number of halogens is 1. The summed E-state index contributed by atoms with van der Waals surface area (Å²) in [5.41, 5.74) is 4.53. The van der Waals surface area contributed by atoms with Crippen molar-refractivity contribution in [2.75, 3.05) is 5.32 Å². The van der Waals surface area contributed by atoms with Gasteiger partial charge in [-0.2, -0.15) is 10.2 Å². The summed E-state index contributed by atoms with van der Waals surface area (Å²) in [6.07, 6.45) is 3.97. The first kappa shape index (κ1) is 15.6. The minimum absolute atomic E-state index is 0. The molecule has 0 fully saturated rings. The zero-order valence-electron chi connectivity index (χ0n) is 12.1. The molecule has 0 unspecified atom stereocenters. The van der Waals surface area contributed by atoms with Crippen molar-refractivity contribution in [2.24, 2.45) is 7.05 Å². The molecule has 0 atom stereocenters. The molecule has 2 rings (SSSR count). The maximum Gasteiger partial charge on any atom is 0.0758 e. The summed E-state index contributed by atoms with van der Waals surface area (Å²) >= 11 is 0. The molecule has 0 spiro atoms. The van der Waals surface area contributed by atoms with Gasteiger partial charge in [0.05, 0.1) is 23.3 Å². The molecule has 2 aromatic heterocycles. The summed E-state index contributed by atoms with van der Waals surface area (Å²) < 4.78 is 3.87. The molecule has 0 bridgehead atoms. The van der Waals surface area contributed by atoms with Crippen LogP contribution in [0.3, 0.4) is 0 Å². The van der Waals surface area contributed by atoms with E-state index >= 15 is 0 Å². The SMILES string of the molecule is Cc1nn(C(C)C)cc1CNc1cnn(C)c1C.Cl. The van der Waals surface area contributed by atoms with Crippen LogP contribution in [-0.4, -0.2) is 19.6 Å². The monoisotopic (exact) mass is 283 g/mol. The Morgan fingerprint density at radius 1 is 1.32 bits per heavy atom. The Hall–Kier alpha value is -1.49. The number of nitrogens with one attached hydrogen (secondary N) is 1. The third-order valence-electron chi connectivity index (χ3n) is 3.25. The van der Waals surface area contributed by atoms with Crippen LogP contribution in [0.15, 0.2) is 12.4 Å². The van der Waals surface area contributed by atoms with Gasteiger partial charge in [0.1, 0.15) is 0 Å². The van der Waals surface area contributed by atoms with Gasteiger partial charge in [-0.25, -0.2) is 0 Å². The second-order valence-corrected chi connectivity index (χ2v) is 4.93. The minimum Gasteiger partial charge on any atom is -0.378 e. The molecule has 0 aliphatic heterocycles. The number of anilines is 1. The van der Waals surface area contributed by atoms with Crippen LogP contribution in [0.5, 0.6) is 0 Å². The quantitative estimate of drug-likeness (QED) is 0.939. The maximum atomic E-state index is 4.51. The van der Waals surface area contributed by atoms with Gasteiger partial charge < -0.3 is 5.32 Å². The van der Waals surface area contributed by atoms with Crippen LogP contribution in [0.4, 0.5) is 5.69 Å². The number of aromatic nitrogens is 4. The number of rotatable bonds is 4. The van der Waals surface area contributed by atoms with Crippen LogP contribution in [0.1, 0.15) is 36.8 Å². The highest BCUT2D eigenvalue weighted by atomic mass is 35.5. The number of hydrogen-bond donors (Lipinski definition) is 1. The van der Waals surface area contributed by atoms with E-state index in [0.717, 1.165) is 23.6 Å². The molecule has 0 aliphatic rings. The molecule has 19 heavy (non-hydrogen) atoms. The third-order valence-corrected chi connectivity index (χ3v) is 3.25. The van der Waals surface area contributed by atoms with Gasteiger partial charge in [-0.15, -0.1) is 12.4 Å². The van der Waals surface area contributed by atoms with E-state index in [1.807, 2.05) is 29.5 Å². The Morgan fingerprint density at radius 3 is 2.47 bits per heavy atom. The Balaban J connectivity index is 0.00000180. The summed E-state index contributed by atoms with van der Waals surface area (Å²) in [5, 5.41) is 12.1. The first-order chi connectivity index (χ1) is 8.49. The van der Waals surface area contributed by atoms with Crippen LogP contribution in [0.25, 0.3) is 0 Å². The lowest BCUT2D eigenvalue weighted by Crippen LogP contribution is -2.02. The topological polar surface area (TPSA) is 47.7 Å². The summed E-state index contributed by atoms with van der Waals surface area (Å²) in [6.45, 7) is 9.15. The fraction of sp³-hybridized carbons (Fsp3) is 0.538. The van der Waals surface area contributed by atoms with E-state index in [2.05, 4.69) is 42.5 Å². The Labute approximate surface area is 120 Å². The smallest absolute Gasteiger partial charge is 0.0758 e. The van der Waals surface area contributed by atoms with Gasteiger partial charge in [0.25, 0.3) is 0 Å². The first-order valence-electron chi connectivity index (χ1n) is 6.26. The van der Waals surface area contributed by atoms with Crippen molar-refractivity contribution < 1.29 is 0 Å². The van der Waals surface area contributed by atoms with Gasteiger partial charge in [0.15, 0.2) is 0 Å². The molecule has 0 aliphatic carbocycles. The van der Waals surface area contributed by atoms with Crippen LogP contribution >= 0.6 is 12.4 Å². The number of hydrogen-bond acceptors (Lipinski definition) is 3. The van der Waals surface area contributed by atoms with Gasteiger partial charge in [0.2, 0.25) is 0 Å². The Bertz CT molecular complexity index is 541. The van der Waals surface area contributed by atoms with Crippen LogP contribution in [-0.2, 0) is 13.6 Å². The van der Waals surface area contributed by atoms with Crippen molar-refractivity contribution in [3.8, 4) is 0 Å². The molecule has 6 heteroatoms. The average molecular weight is 284 g/mol. The average Bonchev–Trinajstić information content (AvgIpc) is 2.83. The lowest BCUT2D eigenvalue weighted by Gasteiger charge is -2.05. The van der Waals surface area contributed by atoms with Crippen LogP contribution in [0.2, 0.25) is 0 Å². The molecule has 2 aromatic rings. The summed E-state index contributed by atoms with van der Waals surface area (Å²) in [5.74, 6) is 0. The molecule has 0 saturated heterocycles. The molecular weight excluding hydrogens is 262 g/mol. The van der Waals surface area contributed by atoms with Gasteiger partial charge in [-0.05, 0) is 27.7 Å². The zero-order valence-corrected chi connectivity index (χ0v) is 13.0. The van der Waals surface area contributed by atoms with E-state index < -0.39 is 0 Å². The number of aryl methyl sites for hydroxylation is 2. The molecule has 1 N–H and O–H groups in total.